The molecule has 0 bridgehead atoms. The van der Waals surface area contributed by atoms with Crippen molar-refractivity contribution in [1.82, 2.24) is 0 Å². The molecule has 0 aliphatic rings. The Bertz CT molecular complexity index is 254. The second kappa shape index (κ2) is 5.11. The summed E-state index contributed by atoms with van der Waals surface area (Å²) in [5.41, 5.74) is 0. The third-order valence-electron chi connectivity index (χ3n) is 1.58. The van der Waals surface area contributed by atoms with Crippen molar-refractivity contribution in [1.29, 1.82) is 0 Å². The Kier molecular flexibility index (Phi) is 4.85. The molecule has 2 N–H and O–H groups in total. The highest BCUT2D eigenvalue weighted by molar-refractivity contribution is 7.92. The van der Waals surface area contributed by atoms with Crippen LogP contribution in [0.1, 0.15) is 19.8 Å². The molecule has 0 aromatic heterocycles. The minimum Gasteiger partial charge on any atom is -0.225 e. The van der Waals surface area contributed by atoms with Gasteiger partial charge in [0.15, 0.2) is 0 Å². The summed E-state index contributed by atoms with van der Waals surface area (Å²) in [6.07, 6.45) is 5.01. The lowest BCUT2D eigenvalue weighted by Crippen LogP contribution is -2.07. The van der Waals surface area contributed by atoms with E-state index in [0.717, 1.165) is 11.8 Å². The van der Waals surface area contributed by atoms with Crippen LogP contribution >= 0.6 is 0 Å². The van der Waals surface area contributed by atoms with E-state index in [-0.39, 0.29) is 0 Å². The van der Waals surface area contributed by atoms with Crippen molar-refractivity contribution in [2.75, 3.05) is 0 Å². The second-order valence-electron chi connectivity index (χ2n) is 2.60. The molecule has 1 unspecified atom stereocenters. The van der Waals surface area contributed by atoms with E-state index in [1.54, 1.807) is 6.08 Å². The average molecular weight is 189 g/mol. The first-order chi connectivity index (χ1) is 5.49. The molecule has 3 nitrogen and oxygen atoms in total. The lowest BCUT2D eigenvalue weighted by atomic mass is 10.0. The van der Waals surface area contributed by atoms with Gasteiger partial charge in [-0.05, 0) is 18.8 Å². The fourth-order valence-corrected chi connectivity index (χ4v) is 1.17. The van der Waals surface area contributed by atoms with Crippen LogP contribution in [0.2, 0.25) is 0 Å². The Morgan fingerprint density at radius 3 is 2.50 bits per heavy atom. The number of hydrogen-bond acceptors (Lipinski definition) is 2. The maximum absolute atomic E-state index is 10.5. The third-order valence-corrected chi connectivity index (χ3v) is 2.15. The van der Waals surface area contributed by atoms with E-state index in [4.69, 9.17) is 5.14 Å². The number of allylic oxidation sites excluding steroid dienone is 2. The first-order valence-electron chi connectivity index (χ1n) is 3.81. The lowest BCUT2D eigenvalue weighted by Gasteiger charge is -2.03. The van der Waals surface area contributed by atoms with Gasteiger partial charge in [0.25, 0.3) is 0 Å². The summed E-state index contributed by atoms with van der Waals surface area (Å²) in [5.74, 6) is 0.336. The van der Waals surface area contributed by atoms with Crippen LogP contribution in [0.4, 0.5) is 0 Å². The van der Waals surface area contributed by atoms with Gasteiger partial charge in [-0.2, -0.15) is 0 Å². The van der Waals surface area contributed by atoms with Crippen molar-refractivity contribution in [2.24, 2.45) is 11.1 Å². The van der Waals surface area contributed by atoms with Crippen molar-refractivity contribution < 1.29 is 8.42 Å². The van der Waals surface area contributed by atoms with Gasteiger partial charge in [-0.15, -0.1) is 6.58 Å². The smallest absolute Gasteiger partial charge is 0.225 e. The molecule has 0 amide bonds. The van der Waals surface area contributed by atoms with Crippen molar-refractivity contribution in [2.45, 2.75) is 19.8 Å². The minimum atomic E-state index is -3.45. The summed E-state index contributed by atoms with van der Waals surface area (Å²) in [6.45, 7) is 5.66. The quantitative estimate of drug-likeness (QED) is 0.664. The molecule has 4 heteroatoms. The van der Waals surface area contributed by atoms with E-state index in [1.807, 2.05) is 13.0 Å². The van der Waals surface area contributed by atoms with E-state index in [9.17, 15) is 8.42 Å². The molecule has 0 saturated carbocycles. The van der Waals surface area contributed by atoms with Gasteiger partial charge in [0, 0.05) is 5.41 Å². The second-order valence-corrected chi connectivity index (χ2v) is 4.05. The maximum Gasteiger partial charge on any atom is 0.230 e. The Morgan fingerprint density at radius 1 is 1.58 bits per heavy atom. The van der Waals surface area contributed by atoms with E-state index < -0.39 is 10.0 Å². The molecule has 0 aromatic rings. The van der Waals surface area contributed by atoms with Gasteiger partial charge in [0.1, 0.15) is 0 Å². The Hall–Kier alpha value is -0.610. The van der Waals surface area contributed by atoms with Gasteiger partial charge in [-0.1, -0.05) is 19.1 Å². The molecule has 0 aromatic carbocycles. The molecule has 0 heterocycles. The van der Waals surface area contributed by atoms with E-state index in [2.05, 4.69) is 6.58 Å². The zero-order chi connectivity index (χ0) is 9.61. The predicted octanol–water partition coefficient (Wildman–Crippen LogP) is 1.39. The number of sulfonamides is 1. The first kappa shape index (κ1) is 11.4. The summed E-state index contributed by atoms with van der Waals surface area (Å²) in [4.78, 5) is 0. The summed E-state index contributed by atoms with van der Waals surface area (Å²) in [6, 6.07) is 0. The average Bonchev–Trinajstić information content (AvgIpc) is 1.96. The molecule has 0 rings (SSSR count). The van der Waals surface area contributed by atoms with Crippen LogP contribution in [0.3, 0.4) is 0 Å². The van der Waals surface area contributed by atoms with Crippen LogP contribution in [0, 0.1) is 5.92 Å². The van der Waals surface area contributed by atoms with Gasteiger partial charge in [0.05, 0.1) is 0 Å². The fourth-order valence-electron chi connectivity index (χ4n) is 0.794. The van der Waals surface area contributed by atoms with Gasteiger partial charge in [-0.25, -0.2) is 13.6 Å². The summed E-state index contributed by atoms with van der Waals surface area (Å²) < 4.78 is 20.9. The SMILES string of the molecule is C=CC(CC)C/C=C/S(N)(=O)=O. The molecule has 0 radical (unpaired) electrons. The number of hydrogen-bond donors (Lipinski definition) is 1. The highest BCUT2D eigenvalue weighted by Crippen LogP contribution is 2.09. The Labute approximate surface area is 74.0 Å². The molecule has 0 fully saturated rings. The van der Waals surface area contributed by atoms with Crippen LogP contribution in [0.15, 0.2) is 24.1 Å². The minimum absolute atomic E-state index is 0.336. The van der Waals surface area contributed by atoms with Gasteiger partial charge < -0.3 is 0 Å². The van der Waals surface area contributed by atoms with E-state index in [0.29, 0.717) is 12.3 Å². The van der Waals surface area contributed by atoms with Gasteiger partial charge in [-0.3, -0.25) is 0 Å². The maximum atomic E-state index is 10.5. The Morgan fingerprint density at radius 2 is 2.17 bits per heavy atom. The summed E-state index contributed by atoms with van der Waals surface area (Å²) in [7, 11) is -3.45. The van der Waals surface area contributed by atoms with Gasteiger partial charge in [0.2, 0.25) is 10.0 Å². The fraction of sp³-hybridized carbons (Fsp3) is 0.500. The number of rotatable bonds is 5. The molecular weight excluding hydrogens is 174 g/mol. The zero-order valence-corrected chi connectivity index (χ0v) is 8.05. The van der Waals surface area contributed by atoms with E-state index in [1.165, 1.54) is 0 Å². The molecule has 0 aliphatic heterocycles. The highest BCUT2D eigenvalue weighted by atomic mass is 32.2. The number of nitrogens with two attached hydrogens (primary N) is 1. The standard InChI is InChI=1S/C8H15NO2S/c1-3-8(4-2)6-5-7-12(9,10)11/h3,5,7-8H,1,4,6H2,2H3,(H2,9,10,11)/b7-5+. The first-order valence-corrected chi connectivity index (χ1v) is 5.42. The summed E-state index contributed by atoms with van der Waals surface area (Å²) >= 11 is 0. The molecule has 1 atom stereocenters. The van der Waals surface area contributed by atoms with Crippen LogP contribution in [0.25, 0.3) is 0 Å². The Balaban J connectivity index is 3.97. The lowest BCUT2D eigenvalue weighted by molar-refractivity contribution is 0.605. The molecule has 0 aliphatic carbocycles. The molecular formula is C8H15NO2S. The van der Waals surface area contributed by atoms with Crippen molar-refractivity contribution >= 4 is 10.0 Å². The largest absolute Gasteiger partial charge is 0.230 e. The monoisotopic (exact) mass is 189 g/mol. The van der Waals surface area contributed by atoms with E-state index >= 15 is 0 Å². The topological polar surface area (TPSA) is 60.2 Å². The van der Waals surface area contributed by atoms with Crippen molar-refractivity contribution in [3.05, 3.63) is 24.1 Å². The summed E-state index contributed by atoms with van der Waals surface area (Å²) in [5, 5.41) is 5.79. The molecule has 0 spiro atoms. The van der Waals surface area contributed by atoms with Crippen molar-refractivity contribution in [3.63, 3.8) is 0 Å². The molecule has 70 valence electrons. The number of primary sulfonamides is 1. The van der Waals surface area contributed by atoms with Crippen LogP contribution in [0.5, 0.6) is 0 Å². The van der Waals surface area contributed by atoms with Crippen LogP contribution in [-0.4, -0.2) is 8.42 Å². The predicted molar refractivity (Wildman–Crippen MR) is 50.8 cm³/mol. The molecule has 12 heavy (non-hydrogen) atoms. The third kappa shape index (κ3) is 6.12. The molecule has 0 saturated heterocycles. The normalized spacial score (nSPS) is 14.8. The van der Waals surface area contributed by atoms with Gasteiger partial charge >= 0.3 is 0 Å². The highest BCUT2D eigenvalue weighted by Gasteiger charge is 1.98. The van der Waals surface area contributed by atoms with Crippen molar-refractivity contribution in [3.8, 4) is 0 Å². The van der Waals surface area contributed by atoms with Crippen LogP contribution in [-0.2, 0) is 10.0 Å². The zero-order valence-electron chi connectivity index (χ0n) is 7.23. The van der Waals surface area contributed by atoms with Crippen LogP contribution < -0.4 is 5.14 Å².